The Balaban J connectivity index is 1.99. The van der Waals surface area contributed by atoms with Gasteiger partial charge in [-0.2, -0.15) is 0 Å². The van der Waals surface area contributed by atoms with Crippen molar-refractivity contribution in [2.45, 2.75) is 52.1 Å². The molecule has 1 fully saturated rings. The van der Waals surface area contributed by atoms with Gasteiger partial charge in [-0.1, -0.05) is 13.8 Å². The van der Waals surface area contributed by atoms with Gasteiger partial charge in [-0.15, -0.1) is 0 Å². The van der Waals surface area contributed by atoms with Crippen molar-refractivity contribution in [3.63, 3.8) is 0 Å². The summed E-state index contributed by atoms with van der Waals surface area (Å²) in [6, 6.07) is 8.57. The van der Waals surface area contributed by atoms with Crippen molar-refractivity contribution in [2.24, 2.45) is 5.73 Å². The molecule has 25 heavy (non-hydrogen) atoms. The van der Waals surface area contributed by atoms with Gasteiger partial charge in [-0.25, -0.2) is 0 Å². The Labute approximate surface area is 152 Å². The normalized spacial score (nSPS) is 16.3. The van der Waals surface area contributed by atoms with Crippen LogP contribution in [0, 0.1) is 0 Å². The molecule has 1 aliphatic rings. The molecule has 0 atom stereocenters. The summed E-state index contributed by atoms with van der Waals surface area (Å²) in [6.07, 6.45) is 1.67. The smallest absolute Gasteiger partial charge is 0.251 e. The van der Waals surface area contributed by atoms with E-state index in [-0.39, 0.29) is 11.4 Å². The molecule has 1 saturated heterocycles. The molecule has 1 aromatic carbocycles. The summed E-state index contributed by atoms with van der Waals surface area (Å²) in [7, 11) is 0. The Morgan fingerprint density at radius 2 is 1.68 bits per heavy atom. The predicted molar refractivity (Wildman–Crippen MR) is 105 cm³/mol. The van der Waals surface area contributed by atoms with Gasteiger partial charge in [0.05, 0.1) is 5.54 Å². The van der Waals surface area contributed by atoms with Gasteiger partial charge in [0.2, 0.25) is 0 Å². The zero-order chi connectivity index (χ0) is 18.4. The van der Waals surface area contributed by atoms with E-state index in [0.29, 0.717) is 18.2 Å². The van der Waals surface area contributed by atoms with Gasteiger partial charge >= 0.3 is 0 Å². The average Bonchev–Trinajstić information content (AvgIpc) is 2.66. The van der Waals surface area contributed by atoms with E-state index < -0.39 is 0 Å². The van der Waals surface area contributed by atoms with Crippen LogP contribution in [0.2, 0.25) is 0 Å². The second-order valence-electron chi connectivity index (χ2n) is 7.31. The van der Waals surface area contributed by atoms with Gasteiger partial charge in [0, 0.05) is 50.0 Å². The summed E-state index contributed by atoms with van der Waals surface area (Å²) in [6.45, 7) is 13.3. The third kappa shape index (κ3) is 4.73. The van der Waals surface area contributed by atoms with Crippen LogP contribution < -0.4 is 16.0 Å². The van der Waals surface area contributed by atoms with E-state index in [1.807, 2.05) is 12.1 Å². The van der Waals surface area contributed by atoms with Crippen molar-refractivity contribution in [3.05, 3.63) is 29.8 Å². The number of nitrogens with zero attached hydrogens (tertiary/aromatic N) is 2. The quantitative estimate of drug-likeness (QED) is 0.796. The van der Waals surface area contributed by atoms with Crippen LogP contribution in [-0.2, 0) is 0 Å². The van der Waals surface area contributed by atoms with E-state index in [2.05, 4.69) is 54.9 Å². The average molecular weight is 347 g/mol. The molecule has 5 nitrogen and oxygen atoms in total. The number of benzene rings is 1. The maximum Gasteiger partial charge on any atom is 0.251 e. The van der Waals surface area contributed by atoms with Crippen molar-refractivity contribution >= 4 is 11.6 Å². The molecule has 1 heterocycles. The first-order chi connectivity index (χ1) is 11.9. The van der Waals surface area contributed by atoms with Crippen LogP contribution in [0.25, 0.3) is 0 Å². The number of anilines is 1. The lowest BCUT2D eigenvalue weighted by molar-refractivity contribution is 0.0895. The number of carbonyl (C=O) groups is 1. The molecular weight excluding hydrogens is 312 g/mol. The second-order valence-corrected chi connectivity index (χ2v) is 7.31. The molecule has 2 rings (SSSR count). The first-order valence-electron chi connectivity index (χ1n) is 9.56. The number of rotatable bonds is 7. The van der Waals surface area contributed by atoms with Gasteiger partial charge in [0.1, 0.15) is 0 Å². The summed E-state index contributed by atoms with van der Waals surface area (Å²) >= 11 is 0. The lowest BCUT2D eigenvalue weighted by atomic mass is 9.92. The molecular formula is C20H34N4O. The fourth-order valence-corrected chi connectivity index (χ4v) is 3.40. The molecule has 140 valence electrons. The molecule has 0 bridgehead atoms. The third-order valence-electron chi connectivity index (χ3n) is 5.66. The van der Waals surface area contributed by atoms with E-state index in [9.17, 15) is 4.79 Å². The predicted octanol–water partition coefficient (Wildman–Crippen LogP) is 2.46. The number of carbonyl (C=O) groups excluding carboxylic acids is 1. The lowest BCUT2D eigenvalue weighted by Gasteiger charge is -2.38. The molecule has 0 aromatic heterocycles. The SMILES string of the molecule is CCC(CC)(CN)NC(=O)c1ccc(N2CCN(C(C)C)CC2)cc1. The lowest BCUT2D eigenvalue weighted by Crippen LogP contribution is -2.52. The first kappa shape index (κ1) is 19.7. The van der Waals surface area contributed by atoms with Crippen LogP contribution in [0.15, 0.2) is 24.3 Å². The summed E-state index contributed by atoms with van der Waals surface area (Å²) in [5.41, 5.74) is 7.47. The van der Waals surface area contributed by atoms with Gasteiger partial charge in [-0.3, -0.25) is 9.69 Å². The number of hydrogen-bond donors (Lipinski definition) is 2. The van der Waals surface area contributed by atoms with E-state index in [0.717, 1.165) is 39.0 Å². The Hall–Kier alpha value is -1.59. The Kier molecular flexibility index (Phi) is 6.85. The largest absolute Gasteiger partial charge is 0.369 e. The van der Waals surface area contributed by atoms with Gasteiger partial charge in [0.15, 0.2) is 0 Å². The molecule has 1 aliphatic heterocycles. The van der Waals surface area contributed by atoms with Gasteiger partial charge in [0.25, 0.3) is 5.91 Å². The van der Waals surface area contributed by atoms with Crippen LogP contribution in [0.3, 0.4) is 0 Å². The highest BCUT2D eigenvalue weighted by Gasteiger charge is 2.27. The van der Waals surface area contributed by atoms with Crippen LogP contribution in [0.1, 0.15) is 50.9 Å². The fraction of sp³-hybridized carbons (Fsp3) is 0.650. The summed E-state index contributed by atoms with van der Waals surface area (Å²) < 4.78 is 0. The molecule has 1 amide bonds. The van der Waals surface area contributed by atoms with Crippen LogP contribution in [0.5, 0.6) is 0 Å². The van der Waals surface area contributed by atoms with Crippen LogP contribution in [0.4, 0.5) is 5.69 Å². The molecule has 1 aromatic rings. The van der Waals surface area contributed by atoms with E-state index >= 15 is 0 Å². The zero-order valence-corrected chi connectivity index (χ0v) is 16.2. The maximum atomic E-state index is 12.6. The zero-order valence-electron chi connectivity index (χ0n) is 16.2. The molecule has 0 spiro atoms. The number of nitrogens with two attached hydrogens (primary N) is 1. The summed E-state index contributed by atoms with van der Waals surface area (Å²) in [4.78, 5) is 17.4. The number of hydrogen-bond acceptors (Lipinski definition) is 4. The van der Waals surface area contributed by atoms with Gasteiger partial charge < -0.3 is 16.0 Å². The highest BCUT2D eigenvalue weighted by Crippen LogP contribution is 2.19. The molecule has 3 N–H and O–H groups in total. The number of nitrogens with one attached hydrogen (secondary N) is 1. The molecule has 5 heteroatoms. The Morgan fingerprint density at radius 3 is 2.12 bits per heavy atom. The Bertz CT molecular complexity index is 535. The van der Waals surface area contributed by atoms with Crippen molar-refractivity contribution < 1.29 is 4.79 Å². The number of piperazine rings is 1. The standard InChI is InChI=1S/C20H34N4O/c1-5-20(6-2,15-21)22-19(25)17-7-9-18(10-8-17)24-13-11-23(12-14-24)16(3)4/h7-10,16H,5-6,11-15,21H2,1-4H3,(H,22,25). The van der Waals surface area contributed by atoms with E-state index in [1.165, 1.54) is 5.69 Å². The van der Waals surface area contributed by atoms with Crippen LogP contribution >= 0.6 is 0 Å². The fourth-order valence-electron chi connectivity index (χ4n) is 3.40. The number of amides is 1. The second kappa shape index (κ2) is 8.68. The molecule has 0 unspecified atom stereocenters. The first-order valence-corrected chi connectivity index (χ1v) is 9.56. The summed E-state index contributed by atoms with van der Waals surface area (Å²) in [5.74, 6) is -0.0367. The molecule has 0 saturated carbocycles. The Morgan fingerprint density at radius 1 is 1.12 bits per heavy atom. The highest BCUT2D eigenvalue weighted by atomic mass is 16.1. The van der Waals surface area contributed by atoms with Crippen molar-refractivity contribution in [2.75, 3.05) is 37.6 Å². The summed E-state index contributed by atoms with van der Waals surface area (Å²) in [5, 5.41) is 3.13. The highest BCUT2D eigenvalue weighted by molar-refractivity contribution is 5.95. The van der Waals surface area contributed by atoms with E-state index in [1.54, 1.807) is 0 Å². The maximum absolute atomic E-state index is 12.6. The monoisotopic (exact) mass is 346 g/mol. The van der Waals surface area contributed by atoms with Crippen molar-refractivity contribution in [3.8, 4) is 0 Å². The third-order valence-corrected chi connectivity index (χ3v) is 5.66. The molecule has 0 aliphatic carbocycles. The molecule has 0 radical (unpaired) electrons. The van der Waals surface area contributed by atoms with E-state index in [4.69, 9.17) is 5.73 Å². The van der Waals surface area contributed by atoms with Crippen LogP contribution in [-0.4, -0.2) is 55.1 Å². The topological polar surface area (TPSA) is 61.6 Å². The minimum absolute atomic E-state index is 0.0367. The van der Waals surface area contributed by atoms with Gasteiger partial charge in [-0.05, 0) is 51.0 Å². The minimum atomic E-state index is -0.303. The van der Waals surface area contributed by atoms with Crippen molar-refractivity contribution in [1.82, 2.24) is 10.2 Å². The minimum Gasteiger partial charge on any atom is -0.369 e. The van der Waals surface area contributed by atoms with Crippen molar-refractivity contribution in [1.29, 1.82) is 0 Å².